The zero-order valence-electron chi connectivity index (χ0n) is 12.1. The van der Waals surface area contributed by atoms with E-state index >= 15 is 0 Å². The summed E-state index contributed by atoms with van der Waals surface area (Å²) < 4.78 is 1.06. The number of halogens is 1. The quantitative estimate of drug-likeness (QED) is 0.864. The molecule has 0 aliphatic carbocycles. The highest BCUT2D eigenvalue weighted by atomic mass is 79.9. The van der Waals surface area contributed by atoms with Crippen LogP contribution in [0.1, 0.15) is 12.0 Å². The molecule has 5 heteroatoms. The molecule has 0 aromatic heterocycles. The fourth-order valence-corrected chi connectivity index (χ4v) is 2.88. The number of benzene rings is 1. The van der Waals surface area contributed by atoms with E-state index in [1.807, 2.05) is 32.2 Å². The maximum atomic E-state index is 12.0. The molecule has 4 nitrogen and oxygen atoms in total. The second-order valence-corrected chi connectivity index (χ2v) is 6.31. The van der Waals surface area contributed by atoms with Gasteiger partial charge in [-0.2, -0.15) is 0 Å². The second kappa shape index (κ2) is 7.20. The molecule has 1 heterocycles. The number of nitrogens with one attached hydrogen (secondary N) is 2. The van der Waals surface area contributed by atoms with Gasteiger partial charge < -0.3 is 10.6 Å². The minimum atomic E-state index is 0.0665. The molecule has 1 aromatic rings. The molecule has 2 rings (SSSR count). The van der Waals surface area contributed by atoms with Gasteiger partial charge in [-0.25, -0.2) is 0 Å². The molecule has 1 atom stereocenters. The van der Waals surface area contributed by atoms with Crippen LogP contribution in [-0.4, -0.2) is 44.0 Å². The lowest BCUT2D eigenvalue weighted by Gasteiger charge is -2.16. The number of likely N-dealkylation sites (tertiary alicyclic amines) is 1. The predicted octanol–water partition coefficient (Wildman–Crippen LogP) is 2.24. The highest BCUT2D eigenvalue weighted by Gasteiger charge is 2.23. The third-order valence-corrected chi connectivity index (χ3v) is 4.56. The SMILES string of the molecule is CNCC1CCN(CC(=O)Nc2ccc(Br)c(C)c2)C1. The van der Waals surface area contributed by atoms with Gasteiger partial charge in [0.2, 0.25) is 5.91 Å². The van der Waals surface area contributed by atoms with Crippen LogP contribution in [0.5, 0.6) is 0 Å². The van der Waals surface area contributed by atoms with Crippen LogP contribution >= 0.6 is 15.9 Å². The Balaban J connectivity index is 1.82. The first kappa shape index (κ1) is 15.5. The molecule has 1 saturated heterocycles. The number of hydrogen-bond acceptors (Lipinski definition) is 3. The number of amides is 1. The molecule has 0 saturated carbocycles. The molecule has 0 spiro atoms. The van der Waals surface area contributed by atoms with E-state index < -0.39 is 0 Å². The van der Waals surface area contributed by atoms with Crippen molar-refractivity contribution in [1.29, 1.82) is 0 Å². The molecular formula is C15H22BrN3O. The minimum Gasteiger partial charge on any atom is -0.325 e. The minimum absolute atomic E-state index is 0.0665. The van der Waals surface area contributed by atoms with E-state index in [4.69, 9.17) is 0 Å². The van der Waals surface area contributed by atoms with Crippen molar-refractivity contribution in [2.45, 2.75) is 13.3 Å². The van der Waals surface area contributed by atoms with Crippen molar-refractivity contribution in [3.63, 3.8) is 0 Å². The molecule has 2 N–H and O–H groups in total. The number of rotatable bonds is 5. The summed E-state index contributed by atoms with van der Waals surface area (Å²) >= 11 is 3.46. The van der Waals surface area contributed by atoms with Crippen LogP contribution < -0.4 is 10.6 Å². The number of nitrogens with zero attached hydrogens (tertiary/aromatic N) is 1. The zero-order chi connectivity index (χ0) is 14.5. The van der Waals surface area contributed by atoms with Gasteiger partial charge >= 0.3 is 0 Å². The molecule has 1 unspecified atom stereocenters. The molecule has 1 amide bonds. The largest absolute Gasteiger partial charge is 0.325 e. The van der Waals surface area contributed by atoms with Crippen LogP contribution in [-0.2, 0) is 4.79 Å². The fourth-order valence-electron chi connectivity index (χ4n) is 2.64. The van der Waals surface area contributed by atoms with Crippen molar-refractivity contribution in [1.82, 2.24) is 10.2 Å². The number of anilines is 1. The fraction of sp³-hybridized carbons (Fsp3) is 0.533. The Labute approximate surface area is 129 Å². The van der Waals surface area contributed by atoms with Crippen molar-refractivity contribution < 1.29 is 4.79 Å². The van der Waals surface area contributed by atoms with Crippen molar-refractivity contribution in [3.05, 3.63) is 28.2 Å². The molecule has 1 fully saturated rings. The highest BCUT2D eigenvalue weighted by Crippen LogP contribution is 2.20. The predicted molar refractivity (Wildman–Crippen MR) is 86.0 cm³/mol. The van der Waals surface area contributed by atoms with Crippen molar-refractivity contribution in [2.75, 3.05) is 38.5 Å². The summed E-state index contributed by atoms with van der Waals surface area (Å²) in [5, 5.41) is 6.17. The van der Waals surface area contributed by atoms with Gasteiger partial charge in [-0.1, -0.05) is 15.9 Å². The van der Waals surface area contributed by atoms with E-state index in [1.54, 1.807) is 0 Å². The van der Waals surface area contributed by atoms with E-state index in [0.717, 1.165) is 35.4 Å². The van der Waals surface area contributed by atoms with Gasteiger partial charge in [0, 0.05) is 16.7 Å². The zero-order valence-corrected chi connectivity index (χ0v) is 13.7. The van der Waals surface area contributed by atoms with Crippen LogP contribution in [0, 0.1) is 12.8 Å². The molecule has 1 aliphatic rings. The first-order valence-electron chi connectivity index (χ1n) is 7.01. The van der Waals surface area contributed by atoms with Gasteiger partial charge in [0.1, 0.15) is 0 Å². The van der Waals surface area contributed by atoms with Crippen molar-refractivity contribution >= 4 is 27.5 Å². The number of carbonyl (C=O) groups excluding carboxylic acids is 1. The number of hydrogen-bond donors (Lipinski definition) is 2. The van der Waals surface area contributed by atoms with E-state index in [9.17, 15) is 4.79 Å². The Hall–Kier alpha value is -0.910. The first-order chi connectivity index (χ1) is 9.58. The summed E-state index contributed by atoms with van der Waals surface area (Å²) in [5.74, 6) is 0.736. The van der Waals surface area contributed by atoms with Crippen LogP contribution in [0.3, 0.4) is 0 Å². The van der Waals surface area contributed by atoms with Gasteiger partial charge in [-0.05, 0) is 63.2 Å². The lowest BCUT2D eigenvalue weighted by atomic mass is 10.1. The highest BCUT2D eigenvalue weighted by molar-refractivity contribution is 9.10. The van der Waals surface area contributed by atoms with Gasteiger partial charge in [0.25, 0.3) is 0 Å². The molecular weight excluding hydrogens is 318 g/mol. The van der Waals surface area contributed by atoms with Crippen LogP contribution in [0.15, 0.2) is 22.7 Å². The Kier molecular flexibility index (Phi) is 5.57. The molecule has 1 aromatic carbocycles. The average Bonchev–Trinajstić information content (AvgIpc) is 2.81. The monoisotopic (exact) mass is 339 g/mol. The van der Waals surface area contributed by atoms with Crippen molar-refractivity contribution in [3.8, 4) is 0 Å². The summed E-state index contributed by atoms with van der Waals surface area (Å²) in [5.41, 5.74) is 1.99. The molecule has 0 bridgehead atoms. The Morgan fingerprint density at radius 1 is 1.50 bits per heavy atom. The molecule has 20 heavy (non-hydrogen) atoms. The van der Waals surface area contributed by atoms with Crippen LogP contribution in [0.25, 0.3) is 0 Å². The average molecular weight is 340 g/mol. The Morgan fingerprint density at radius 3 is 3.00 bits per heavy atom. The summed E-state index contributed by atoms with van der Waals surface area (Å²) in [7, 11) is 1.98. The van der Waals surface area contributed by atoms with Crippen LogP contribution in [0.2, 0.25) is 0 Å². The molecule has 0 radical (unpaired) electrons. The Bertz CT molecular complexity index is 478. The van der Waals surface area contributed by atoms with E-state index in [-0.39, 0.29) is 5.91 Å². The topological polar surface area (TPSA) is 44.4 Å². The van der Waals surface area contributed by atoms with Crippen LogP contribution in [0.4, 0.5) is 5.69 Å². The first-order valence-corrected chi connectivity index (χ1v) is 7.80. The van der Waals surface area contributed by atoms with Gasteiger partial charge in [-0.15, -0.1) is 0 Å². The smallest absolute Gasteiger partial charge is 0.238 e. The van der Waals surface area contributed by atoms with Gasteiger partial charge in [0.15, 0.2) is 0 Å². The van der Waals surface area contributed by atoms with E-state index in [2.05, 4.69) is 31.5 Å². The number of aryl methyl sites for hydroxylation is 1. The maximum absolute atomic E-state index is 12.0. The standard InChI is InChI=1S/C15H22BrN3O/c1-11-7-13(3-4-14(11)16)18-15(20)10-19-6-5-12(9-19)8-17-2/h3-4,7,12,17H,5-6,8-10H2,1-2H3,(H,18,20). The summed E-state index contributed by atoms with van der Waals surface area (Å²) in [6, 6.07) is 5.86. The maximum Gasteiger partial charge on any atom is 0.238 e. The molecule has 110 valence electrons. The third-order valence-electron chi connectivity index (χ3n) is 3.67. The van der Waals surface area contributed by atoms with Crippen molar-refractivity contribution in [2.24, 2.45) is 5.92 Å². The molecule has 1 aliphatic heterocycles. The lowest BCUT2D eigenvalue weighted by Crippen LogP contribution is -2.32. The van der Waals surface area contributed by atoms with Gasteiger partial charge in [-0.3, -0.25) is 9.69 Å². The van der Waals surface area contributed by atoms with E-state index in [1.165, 1.54) is 6.42 Å². The summed E-state index contributed by atoms with van der Waals surface area (Å²) in [4.78, 5) is 14.3. The summed E-state index contributed by atoms with van der Waals surface area (Å²) in [6.07, 6.45) is 1.17. The normalized spacial score (nSPS) is 19.2. The van der Waals surface area contributed by atoms with Gasteiger partial charge in [0.05, 0.1) is 6.54 Å². The number of carbonyl (C=O) groups is 1. The second-order valence-electron chi connectivity index (χ2n) is 5.46. The third kappa shape index (κ3) is 4.30. The Morgan fingerprint density at radius 2 is 2.30 bits per heavy atom. The lowest BCUT2D eigenvalue weighted by molar-refractivity contribution is -0.117. The van der Waals surface area contributed by atoms with E-state index in [0.29, 0.717) is 12.5 Å². The summed E-state index contributed by atoms with van der Waals surface area (Å²) in [6.45, 7) is 5.55.